The first-order valence-corrected chi connectivity index (χ1v) is 5.70. The quantitative estimate of drug-likeness (QED) is 0.900. The molecule has 5 nitrogen and oxygen atoms in total. The first kappa shape index (κ1) is 12.6. The largest absolute Gasteiger partial charge is 0.496 e. The van der Waals surface area contributed by atoms with Crippen molar-refractivity contribution in [1.82, 2.24) is 10.1 Å². The minimum absolute atomic E-state index is 0.403. The maximum Gasteiger partial charge on any atom is 0.246 e. The van der Waals surface area contributed by atoms with Gasteiger partial charge in [0.15, 0.2) is 0 Å². The fourth-order valence-corrected chi connectivity index (χ4v) is 1.58. The Morgan fingerprint density at radius 2 is 2.06 bits per heavy atom. The molecule has 18 heavy (non-hydrogen) atoms. The predicted molar refractivity (Wildman–Crippen MR) is 68.2 cm³/mol. The van der Waals surface area contributed by atoms with Crippen LogP contribution in [0.1, 0.15) is 25.3 Å². The van der Waals surface area contributed by atoms with Gasteiger partial charge in [-0.15, -0.1) is 0 Å². The molecule has 0 fully saturated rings. The Balaban J connectivity index is 2.46. The molecular formula is C13H17N3O2. The van der Waals surface area contributed by atoms with Gasteiger partial charge in [0.1, 0.15) is 5.75 Å². The van der Waals surface area contributed by atoms with E-state index in [9.17, 15) is 0 Å². The van der Waals surface area contributed by atoms with Crippen LogP contribution in [-0.4, -0.2) is 17.3 Å². The molecule has 0 unspecified atom stereocenters. The van der Waals surface area contributed by atoms with Crippen LogP contribution in [0.5, 0.6) is 5.75 Å². The molecule has 0 aliphatic carbocycles. The van der Waals surface area contributed by atoms with E-state index in [2.05, 4.69) is 10.1 Å². The molecule has 0 radical (unpaired) electrons. The van der Waals surface area contributed by atoms with Gasteiger partial charge in [0.05, 0.1) is 18.2 Å². The van der Waals surface area contributed by atoms with Crippen LogP contribution in [0, 0.1) is 6.92 Å². The Morgan fingerprint density at radius 3 is 2.61 bits per heavy atom. The maximum absolute atomic E-state index is 5.92. The molecule has 0 spiro atoms. The van der Waals surface area contributed by atoms with E-state index in [1.807, 2.05) is 39.0 Å². The van der Waals surface area contributed by atoms with Crippen LogP contribution in [0.15, 0.2) is 22.7 Å². The van der Waals surface area contributed by atoms with Gasteiger partial charge in [-0.2, -0.15) is 4.98 Å². The average Bonchev–Trinajstić information content (AvgIpc) is 2.77. The van der Waals surface area contributed by atoms with E-state index in [-0.39, 0.29) is 0 Å². The van der Waals surface area contributed by atoms with Crippen molar-refractivity contribution in [2.45, 2.75) is 26.3 Å². The molecule has 0 aliphatic heterocycles. The van der Waals surface area contributed by atoms with Gasteiger partial charge in [-0.25, -0.2) is 0 Å². The number of aryl methyl sites for hydroxylation is 1. The van der Waals surface area contributed by atoms with Gasteiger partial charge in [-0.3, -0.25) is 0 Å². The minimum atomic E-state index is -0.650. The fourth-order valence-electron chi connectivity index (χ4n) is 1.58. The van der Waals surface area contributed by atoms with E-state index >= 15 is 0 Å². The second kappa shape index (κ2) is 4.42. The summed E-state index contributed by atoms with van der Waals surface area (Å²) in [7, 11) is 1.62. The molecule has 0 amide bonds. The molecule has 1 heterocycles. The van der Waals surface area contributed by atoms with Crippen molar-refractivity contribution < 1.29 is 9.26 Å². The zero-order valence-corrected chi connectivity index (χ0v) is 11.0. The molecule has 96 valence electrons. The summed E-state index contributed by atoms with van der Waals surface area (Å²) in [5.41, 5.74) is 7.17. The smallest absolute Gasteiger partial charge is 0.246 e. The molecule has 0 saturated heterocycles. The Labute approximate surface area is 106 Å². The average molecular weight is 247 g/mol. The second-order valence-electron chi connectivity index (χ2n) is 4.85. The number of hydrogen-bond acceptors (Lipinski definition) is 5. The highest BCUT2D eigenvalue weighted by molar-refractivity contribution is 5.64. The molecule has 2 N–H and O–H groups in total. The Hall–Kier alpha value is -1.88. The van der Waals surface area contributed by atoms with Gasteiger partial charge >= 0.3 is 0 Å². The molecule has 1 aromatic carbocycles. The normalized spacial score (nSPS) is 11.6. The fraction of sp³-hybridized carbons (Fsp3) is 0.385. The standard InChI is InChI=1S/C13H17N3O2/c1-8-5-6-9(10(7-8)17-4)11-15-12(18-16-11)13(2,3)14/h5-7H,14H2,1-4H3. The van der Waals surface area contributed by atoms with E-state index in [4.69, 9.17) is 15.0 Å². The third-order valence-electron chi connectivity index (χ3n) is 2.58. The van der Waals surface area contributed by atoms with E-state index in [1.54, 1.807) is 7.11 Å². The summed E-state index contributed by atoms with van der Waals surface area (Å²) in [5, 5.41) is 3.95. The number of nitrogens with two attached hydrogens (primary N) is 1. The number of methoxy groups -OCH3 is 1. The van der Waals surface area contributed by atoms with E-state index in [0.717, 1.165) is 16.9 Å². The first-order chi connectivity index (χ1) is 8.41. The summed E-state index contributed by atoms with van der Waals surface area (Å²) in [6.07, 6.45) is 0. The summed E-state index contributed by atoms with van der Waals surface area (Å²) in [5.74, 6) is 1.61. The summed E-state index contributed by atoms with van der Waals surface area (Å²) in [6, 6.07) is 5.81. The number of hydrogen-bond donors (Lipinski definition) is 1. The van der Waals surface area contributed by atoms with Crippen LogP contribution >= 0.6 is 0 Å². The lowest BCUT2D eigenvalue weighted by atomic mass is 10.1. The highest BCUT2D eigenvalue weighted by Gasteiger charge is 2.23. The van der Waals surface area contributed by atoms with Crippen LogP contribution in [0.3, 0.4) is 0 Å². The Kier molecular flexibility index (Phi) is 3.09. The van der Waals surface area contributed by atoms with Gasteiger partial charge in [0.2, 0.25) is 11.7 Å². The highest BCUT2D eigenvalue weighted by atomic mass is 16.5. The third-order valence-corrected chi connectivity index (χ3v) is 2.58. The van der Waals surface area contributed by atoms with Crippen molar-refractivity contribution in [2.75, 3.05) is 7.11 Å². The first-order valence-electron chi connectivity index (χ1n) is 5.70. The lowest BCUT2D eigenvalue weighted by Crippen LogP contribution is -2.28. The van der Waals surface area contributed by atoms with Crippen molar-refractivity contribution in [2.24, 2.45) is 5.73 Å². The number of ether oxygens (including phenoxy) is 1. The van der Waals surface area contributed by atoms with Crippen molar-refractivity contribution >= 4 is 0 Å². The number of aromatic nitrogens is 2. The molecule has 2 rings (SSSR count). The molecular weight excluding hydrogens is 230 g/mol. The van der Waals surface area contributed by atoms with E-state index in [1.165, 1.54) is 0 Å². The van der Waals surface area contributed by atoms with Crippen molar-refractivity contribution in [3.05, 3.63) is 29.7 Å². The topological polar surface area (TPSA) is 74.2 Å². The zero-order chi connectivity index (χ0) is 13.3. The molecule has 0 aliphatic rings. The van der Waals surface area contributed by atoms with Gasteiger partial charge < -0.3 is 15.0 Å². The molecule has 2 aromatic rings. The van der Waals surface area contributed by atoms with Gasteiger partial charge in [0, 0.05) is 0 Å². The number of nitrogens with zero attached hydrogens (tertiary/aromatic N) is 2. The molecule has 1 aromatic heterocycles. The predicted octanol–water partition coefficient (Wildman–Crippen LogP) is 2.25. The Bertz CT molecular complexity index is 556. The Morgan fingerprint density at radius 1 is 1.33 bits per heavy atom. The molecule has 0 saturated carbocycles. The van der Waals surface area contributed by atoms with E-state index in [0.29, 0.717) is 11.7 Å². The maximum atomic E-state index is 5.92. The minimum Gasteiger partial charge on any atom is -0.496 e. The highest BCUT2D eigenvalue weighted by Crippen LogP contribution is 2.29. The molecule has 0 bridgehead atoms. The third kappa shape index (κ3) is 2.36. The van der Waals surface area contributed by atoms with Crippen LogP contribution in [0.2, 0.25) is 0 Å². The lowest BCUT2D eigenvalue weighted by molar-refractivity contribution is 0.312. The molecule has 5 heteroatoms. The van der Waals surface area contributed by atoms with Crippen LogP contribution in [-0.2, 0) is 5.54 Å². The molecule has 0 atom stereocenters. The zero-order valence-electron chi connectivity index (χ0n) is 11.0. The van der Waals surface area contributed by atoms with Crippen molar-refractivity contribution in [3.63, 3.8) is 0 Å². The SMILES string of the molecule is COc1cc(C)ccc1-c1noc(C(C)(C)N)n1. The van der Waals surface area contributed by atoms with Gasteiger partial charge in [-0.1, -0.05) is 11.2 Å². The lowest BCUT2D eigenvalue weighted by Gasteiger charge is -2.11. The second-order valence-corrected chi connectivity index (χ2v) is 4.85. The van der Waals surface area contributed by atoms with Gasteiger partial charge in [0.25, 0.3) is 0 Å². The van der Waals surface area contributed by atoms with Crippen LogP contribution < -0.4 is 10.5 Å². The summed E-state index contributed by atoms with van der Waals surface area (Å²) < 4.78 is 10.5. The monoisotopic (exact) mass is 247 g/mol. The van der Waals surface area contributed by atoms with Crippen molar-refractivity contribution in [1.29, 1.82) is 0 Å². The van der Waals surface area contributed by atoms with Crippen LogP contribution in [0.25, 0.3) is 11.4 Å². The number of rotatable bonds is 3. The van der Waals surface area contributed by atoms with E-state index < -0.39 is 5.54 Å². The summed E-state index contributed by atoms with van der Waals surface area (Å²) in [4.78, 5) is 4.31. The van der Waals surface area contributed by atoms with Crippen molar-refractivity contribution in [3.8, 4) is 17.1 Å². The van der Waals surface area contributed by atoms with Crippen LogP contribution in [0.4, 0.5) is 0 Å². The van der Waals surface area contributed by atoms with Gasteiger partial charge in [-0.05, 0) is 38.5 Å². The number of benzene rings is 1. The summed E-state index contributed by atoms with van der Waals surface area (Å²) >= 11 is 0. The summed E-state index contributed by atoms with van der Waals surface area (Å²) in [6.45, 7) is 5.63.